The second kappa shape index (κ2) is 5.48. The molecule has 0 unspecified atom stereocenters. The van der Waals surface area contributed by atoms with E-state index in [0.717, 1.165) is 5.56 Å². The van der Waals surface area contributed by atoms with Crippen molar-refractivity contribution in [1.82, 2.24) is 4.31 Å². The molecule has 0 radical (unpaired) electrons. The van der Waals surface area contributed by atoms with Crippen molar-refractivity contribution in [3.63, 3.8) is 0 Å². The Morgan fingerprint density at radius 2 is 1.81 bits per heavy atom. The van der Waals surface area contributed by atoms with Crippen LogP contribution in [-0.4, -0.2) is 32.7 Å². The summed E-state index contributed by atoms with van der Waals surface area (Å²) in [6.07, 6.45) is 3.65. The summed E-state index contributed by atoms with van der Waals surface area (Å²) in [5.41, 5.74) is 0.929. The molecule has 88 valence electrons. The van der Waals surface area contributed by atoms with Crippen LogP contribution in [0.5, 0.6) is 0 Å². The van der Waals surface area contributed by atoms with Gasteiger partial charge in [0.05, 0.1) is 4.90 Å². The molecule has 0 aliphatic rings. The lowest BCUT2D eigenvalue weighted by Gasteiger charge is -2.10. The van der Waals surface area contributed by atoms with E-state index in [2.05, 4.69) is 0 Å². The number of alkyl halides is 1. The SMILES string of the molecule is CN(C)S(=O)(=O)c1ccc(C=CCCl)cc1. The number of rotatable bonds is 4. The van der Waals surface area contributed by atoms with Crippen LogP contribution >= 0.6 is 11.6 Å². The van der Waals surface area contributed by atoms with Crippen LogP contribution in [0.3, 0.4) is 0 Å². The van der Waals surface area contributed by atoms with E-state index >= 15 is 0 Å². The summed E-state index contributed by atoms with van der Waals surface area (Å²) in [6.45, 7) is 0. The molecule has 0 fully saturated rings. The molecule has 0 aliphatic heterocycles. The van der Waals surface area contributed by atoms with Gasteiger partial charge in [0.15, 0.2) is 0 Å². The van der Waals surface area contributed by atoms with Gasteiger partial charge in [-0.15, -0.1) is 11.6 Å². The van der Waals surface area contributed by atoms with E-state index in [-0.39, 0.29) is 0 Å². The van der Waals surface area contributed by atoms with Gasteiger partial charge in [-0.2, -0.15) is 0 Å². The lowest BCUT2D eigenvalue weighted by molar-refractivity contribution is 0.521. The van der Waals surface area contributed by atoms with Crippen LogP contribution in [0.1, 0.15) is 5.56 Å². The van der Waals surface area contributed by atoms with Crippen molar-refractivity contribution >= 4 is 27.7 Å². The normalized spacial score (nSPS) is 12.5. The number of halogens is 1. The Morgan fingerprint density at radius 3 is 2.25 bits per heavy atom. The maximum atomic E-state index is 11.7. The highest BCUT2D eigenvalue weighted by atomic mass is 35.5. The molecule has 0 aliphatic carbocycles. The van der Waals surface area contributed by atoms with Gasteiger partial charge in [-0.25, -0.2) is 12.7 Å². The van der Waals surface area contributed by atoms with Crippen LogP contribution < -0.4 is 0 Å². The summed E-state index contributed by atoms with van der Waals surface area (Å²) in [5, 5.41) is 0. The van der Waals surface area contributed by atoms with Crippen LogP contribution in [0.2, 0.25) is 0 Å². The van der Waals surface area contributed by atoms with Crippen molar-refractivity contribution in [2.75, 3.05) is 20.0 Å². The molecule has 5 heteroatoms. The first kappa shape index (κ1) is 13.2. The number of nitrogens with zero attached hydrogens (tertiary/aromatic N) is 1. The molecule has 0 heterocycles. The van der Waals surface area contributed by atoms with Gasteiger partial charge in [0, 0.05) is 20.0 Å². The molecule has 0 bridgehead atoms. The van der Waals surface area contributed by atoms with E-state index < -0.39 is 10.0 Å². The van der Waals surface area contributed by atoms with Gasteiger partial charge in [-0.05, 0) is 17.7 Å². The van der Waals surface area contributed by atoms with E-state index in [1.165, 1.54) is 18.4 Å². The minimum absolute atomic E-state index is 0.292. The average Bonchev–Trinajstić information content (AvgIpc) is 2.26. The van der Waals surface area contributed by atoms with Gasteiger partial charge in [0.25, 0.3) is 0 Å². The Hall–Kier alpha value is -0.840. The van der Waals surface area contributed by atoms with Crippen LogP contribution in [-0.2, 0) is 10.0 Å². The third-order valence-electron chi connectivity index (χ3n) is 2.06. The summed E-state index contributed by atoms with van der Waals surface area (Å²) in [5.74, 6) is 0.442. The largest absolute Gasteiger partial charge is 0.242 e. The van der Waals surface area contributed by atoms with E-state index in [1.54, 1.807) is 30.3 Å². The van der Waals surface area contributed by atoms with Gasteiger partial charge in [0.2, 0.25) is 10.0 Å². The fourth-order valence-corrected chi connectivity index (χ4v) is 2.13. The van der Waals surface area contributed by atoms with Crippen molar-refractivity contribution < 1.29 is 8.42 Å². The second-order valence-corrected chi connectivity index (χ2v) is 5.87. The minimum atomic E-state index is -3.33. The maximum absolute atomic E-state index is 11.7. The summed E-state index contributed by atoms with van der Waals surface area (Å²) in [4.78, 5) is 0.292. The topological polar surface area (TPSA) is 37.4 Å². The molecular weight excluding hydrogens is 246 g/mol. The van der Waals surface area contributed by atoms with Crippen molar-refractivity contribution in [1.29, 1.82) is 0 Å². The number of benzene rings is 1. The Labute approximate surface area is 101 Å². The lowest BCUT2D eigenvalue weighted by Crippen LogP contribution is -2.22. The monoisotopic (exact) mass is 259 g/mol. The summed E-state index contributed by atoms with van der Waals surface area (Å²) in [6, 6.07) is 6.67. The highest BCUT2D eigenvalue weighted by molar-refractivity contribution is 7.89. The van der Waals surface area contributed by atoms with Crippen molar-refractivity contribution in [3.8, 4) is 0 Å². The van der Waals surface area contributed by atoms with Crippen molar-refractivity contribution in [3.05, 3.63) is 35.9 Å². The number of hydrogen-bond acceptors (Lipinski definition) is 2. The molecule has 0 saturated carbocycles. The zero-order valence-electron chi connectivity index (χ0n) is 9.22. The summed E-state index contributed by atoms with van der Waals surface area (Å²) < 4.78 is 24.7. The molecule has 1 aromatic rings. The predicted octanol–water partition coefficient (Wildman–Crippen LogP) is 2.19. The molecule has 1 aromatic carbocycles. The third kappa shape index (κ3) is 3.07. The molecule has 0 atom stereocenters. The predicted molar refractivity (Wildman–Crippen MR) is 67.1 cm³/mol. The number of hydrogen-bond donors (Lipinski definition) is 0. The average molecular weight is 260 g/mol. The van der Waals surface area contributed by atoms with Crippen LogP contribution in [0.15, 0.2) is 35.2 Å². The molecular formula is C11H14ClNO2S. The van der Waals surface area contributed by atoms with Gasteiger partial charge in [-0.3, -0.25) is 0 Å². The van der Waals surface area contributed by atoms with Crippen molar-refractivity contribution in [2.45, 2.75) is 4.90 Å². The van der Waals surface area contributed by atoms with E-state index in [4.69, 9.17) is 11.6 Å². The highest BCUT2D eigenvalue weighted by Gasteiger charge is 2.15. The van der Waals surface area contributed by atoms with Crippen LogP contribution in [0, 0.1) is 0 Å². The minimum Gasteiger partial charge on any atom is -0.207 e. The Kier molecular flexibility index (Phi) is 4.53. The number of sulfonamides is 1. The first-order chi connectivity index (χ1) is 7.48. The molecule has 0 N–H and O–H groups in total. The van der Waals surface area contributed by atoms with E-state index in [9.17, 15) is 8.42 Å². The fourth-order valence-electron chi connectivity index (χ4n) is 1.14. The Morgan fingerprint density at radius 1 is 1.25 bits per heavy atom. The first-order valence-electron chi connectivity index (χ1n) is 4.73. The molecule has 0 amide bonds. The Bertz CT molecular complexity index is 463. The molecule has 1 rings (SSSR count). The summed E-state index contributed by atoms with van der Waals surface area (Å²) in [7, 11) is -0.310. The first-order valence-corrected chi connectivity index (χ1v) is 6.71. The van der Waals surface area contributed by atoms with Gasteiger partial charge in [-0.1, -0.05) is 24.3 Å². The third-order valence-corrected chi connectivity index (χ3v) is 4.07. The lowest BCUT2D eigenvalue weighted by atomic mass is 10.2. The molecule has 16 heavy (non-hydrogen) atoms. The molecule has 0 spiro atoms. The Balaban J connectivity index is 3.00. The van der Waals surface area contributed by atoms with Crippen LogP contribution in [0.4, 0.5) is 0 Å². The smallest absolute Gasteiger partial charge is 0.207 e. The fraction of sp³-hybridized carbons (Fsp3) is 0.273. The second-order valence-electron chi connectivity index (χ2n) is 3.41. The van der Waals surface area contributed by atoms with Gasteiger partial charge < -0.3 is 0 Å². The molecule has 0 aromatic heterocycles. The highest BCUT2D eigenvalue weighted by Crippen LogP contribution is 2.14. The maximum Gasteiger partial charge on any atom is 0.242 e. The van der Waals surface area contributed by atoms with Crippen LogP contribution in [0.25, 0.3) is 6.08 Å². The number of allylic oxidation sites excluding steroid dienone is 1. The quantitative estimate of drug-likeness (QED) is 0.778. The zero-order valence-corrected chi connectivity index (χ0v) is 10.8. The van der Waals surface area contributed by atoms with Gasteiger partial charge >= 0.3 is 0 Å². The molecule has 0 saturated heterocycles. The standard InChI is InChI=1S/C11H14ClNO2S/c1-13(2)16(14,15)11-7-5-10(6-8-11)4-3-9-12/h3-8H,9H2,1-2H3. The zero-order chi connectivity index (χ0) is 12.2. The van der Waals surface area contributed by atoms with Gasteiger partial charge in [0.1, 0.15) is 0 Å². The van der Waals surface area contributed by atoms with E-state index in [0.29, 0.717) is 10.8 Å². The van der Waals surface area contributed by atoms with E-state index in [1.807, 2.05) is 6.08 Å². The van der Waals surface area contributed by atoms with Crippen molar-refractivity contribution in [2.24, 2.45) is 0 Å². The molecule has 3 nitrogen and oxygen atoms in total. The summed E-state index contributed by atoms with van der Waals surface area (Å²) >= 11 is 5.51.